The van der Waals surface area contributed by atoms with Crippen LogP contribution in [0.4, 0.5) is 4.39 Å². The number of carbonyl (C=O) groups is 1. The first-order chi connectivity index (χ1) is 11.1. The van der Waals surface area contributed by atoms with Crippen LogP contribution in [0.1, 0.15) is 51.0 Å². The van der Waals surface area contributed by atoms with Crippen LogP contribution in [0.3, 0.4) is 0 Å². The highest BCUT2D eigenvalue weighted by atomic mass is 19.1. The van der Waals surface area contributed by atoms with E-state index in [4.69, 9.17) is 0 Å². The van der Waals surface area contributed by atoms with Crippen LogP contribution < -0.4 is 5.32 Å². The van der Waals surface area contributed by atoms with Gasteiger partial charge in [-0.15, -0.1) is 0 Å². The Morgan fingerprint density at radius 3 is 2.65 bits per heavy atom. The van der Waals surface area contributed by atoms with Gasteiger partial charge in [0.15, 0.2) is 0 Å². The lowest BCUT2D eigenvalue weighted by Crippen LogP contribution is -2.46. The molecule has 1 aromatic rings. The molecule has 1 amide bonds. The summed E-state index contributed by atoms with van der Waals surface area (Å²) in [4.78, 5) is 14.6. The molecule has 3 rings (SSSR count). The fourth-order valence-corrected chi connectivity index (χ4v) is 3.57. The molecule has 0 radical (unpaired) electrons. The molecule has 2 saturated carbocycles. The van der Waals surface area contributed by atoms with E-state index in [1.807, 2.05) is 12.1 Å². The first kappa shape index (κ1) is 16.4. The van der Waals surface area contributed by atoms with Crippen molar-refractivity contribution in [3.05, 3.63) is 35.6 Å². The highest BCUT2D eigenvalue weighted by Crippen LogP contribution is 2.29. The molecule has 0 aromatic heterocycles. The van der Waals surface area contributed by atoms with E-state index in [0.29, 0.717) is 36.7 Å². The molecule has 3 nitrogen and oxygen atoms in total. The standard InChI is InChI=1S/C19H27FN2O/c1-14-6-2-5-9-18(14)21-19(23)13-22(16-10-11-16)12-15-7-3-4-8-17(15)20/h3-4,7-8,14,16,18H,2,5-6,9-13H2,1H3,(H,21,23)/t14-,18+/m1/s1. The number of amides is 1. The van der Waals surface area contributed by atoms with E-state index in [1.54, 1.807) is 6.07 Å². The molecule has 23 heavy (non-hydrogen) atoms. The van der Waals surface area contributed by atoms with Crippen LogP contribution in [0.25, 0.3) is 0 Å². The van der Waals surface area contributed by atoms with Gasteiger partial charge in [-0.25, -0.2) is 4.39 Å². The van der Waals surface area contributed by atoms with Crippen molar-refractivity contribution in [2.75, 3.05) is 6.54 Å². The average Bonchev–Trinajstić information content (AvgIpc) is 3.36. The van der Waals surface area contributed by atoms with Crippen LogP contribution in [-0.2, 0) is 11.3 Å². The number of hydrogen-bond acceptors (Lipinski definition) is 2. The molecule has 0 spiro atoms. The molecule has 4 heteroatoms. The summed E-state index contributed by atoms with van der Waals surface area (Å²) >= 11 is 0. The monoisotopic (exact) mass is 318 g/mol. The molecular weight excluding hydrogens is 291 g/mol. The maximum Gasteiger partial charge on any atom is 0.234 e. The van der Waals surface area contributed by atoms with Gasteiger partial charge in [-0.1, -0.05) is 38.0 Å². The molecule has 1 aromatic carbocycles. The van der Waals surface area contributed by atoms with Gasteiger partial charge < -0.3 is 5.32 Å². The molecule has 0 saturated heterocycles. The summed E-state index contributed by atoms with van der Waals surface area (Å²) in [5.74, 6) is 0.472. The smallest absolute Gasteiger partial charge is 0.234 e. The fourth-order valence-electron chi connectivity index (χ4n) is 3.57. The Kier molecular flexibility index (Phi) is 5.31. The minimum Gasteiger partial charge on any atom is -0.352 e. The van der Waals surface area contributed by atoms with E-state index in [0.717, 1.165) is 19.3 Å². The van der Waals surface area contributed by atoms with E-state index in [-0.39, 0.29) is 11.7 Å². The van der Waals surface area contributed by atoms with Gasteiger partial charge in [-0.05, 0) is 37.7 Å². The van der Waals surface area contributed by atoms with E-state index < -0.39 is 0 Å². The lowest BCUT2D eigenvalue weighted by atomic mass is 9.86. The molecule has 2 aliphatic rings. The SMILES string of the molecule is C[C@@H]1CCCC[C@@H]1NC(=O)CN(Cc1ccccc1F)C1CC1. The molecule has 2 fully saturated rings. The predicted molar refractivity (Wildman–Crippen MR) is 89.4 cm³/mol. The summed E-state index contributed by atoms with van der Waals surface area (Å²) in [7, 11) is 0. The van der Waals surface area contributed by atoms with Crippen molar-refractivity contribution in [2.24, 2.45) is 5.92 Å². The topological polar surface area (TPSA) is 32.3 Å². The summed E-state index contributed by atoms with van der Waals surface area (Å²) < 4.78 is 13.9. The fraction of sp³-hybridized carbons (Fsp3) is 0.632. The van der Waals surface area contributed by atoms with Crippen molar-refractivity contribution < 1.29 is 9.18 Å². The average molecular weight is 318 g/mol. The van der Waals surface area contributed by atoms with Gasteiger partial charge in [0.2, 0.25) is 5.91 Å². The highest BCUT2D eigenvalue weighted by molar-refractivity contribution is 5.78. The van der Waals surface area contributed by atoms with Crippen LogP contribution in [0.15, 0.2) is 24.3 Å². The summed E-state index contributed by atoms with van der Waals surface area (Å²) in [6.07, 6.45) is 6.99. The number of carbonyl (C=O) groups excluding carboxylic acids is 1. The Balaban J connectivity index is 1.57. The zero-order valence-corrected chi connectivity index (χ0v) is 13.9. The number of rotatable bonds is 6. The second-order valence-corrected chi connectivity index (χ2v) is 7.16. The van der Waals surface area contributed by atoms with Crippen LogP contribution in [0, 0.1) is 11.7 Å². The summed E-state index contributed by atoms with van der Waals surface area (Å²) in [6, 6.07) is 7.61. The van der Waals surface area contributed by atoms with Gasteiger partial charge in [0.05, 0.1) is 6.54 Å². The van der Waals surface area contributed by atoms with Gasteiger partial charge in [0, 0.05) is 24.2 Å². The third-order valence-corrected chi connectivity index (χ3v) is 5.20. The second kappa shape index (κ2) is 7.43. The first-order valence-electron chi connectivity index (χ1n) is 8.90. The van der Waals surface area contributed by atoms with Crippen molar-refractivity contribution in [3.63, 3.8) is 0 Å². The van der Waals surface area contributed by atoms with Gasteiger partial charge in [0.25, 0.3) is 0 Å². The lowest BCUT2D eigenvalue weighted by molar-refractivity contribution is -0.123. The summed E-state index contributed by atoms with van der Waals surface area (Å²) in [5.41, 5.74) is 0.679. The van der Waals surface area contributed by atoms with Crippen molar-refractivity contribution in [3.8, 4) is 0 Å². The predicted octanol–water partition coefficient (Wildman–Crippen LogP) is 3.49. The molecule has 0 unspecified atom stereocenters. The molecule has 2 atom stereocenters. The first-order valence-corrected chi connectivity index (χ1v) is 8.90. The molecule has 2 aliphatic carbocycles. The van der Waals surface area contributed by atoms with Crippen molar-refractivity contribution in [2.45, 2.75) is 64.1 Å². The highest BCUT2D eigenvalue weighted by Gasteiger charge is 2.31. The Morgan fingerprint density at radius 2 is 1.96 bits per heavy atom. The van der Waals surface area contributed by atoms with Crippen LogP contribution in [0.5, 0.6) is 0 Å². The minimum atomic E-state index is -0.181. The Labute approximate surface area is 138 Å². The zero-order valence-electron chi connectivity index (χ0n) is 13.9. The number of halogens is 1. The van der Waals surface area contributed by atoms with Crippen molar-refractivity contribution >= 4 is 5.91 Å². The number of benzene rings is 1. The number of nitrogens with zero attached hydrogens (tertiary/aromatic N) is 1. The normalized spacial score (nSPS) is 24.7. The van der Waals surface area contributed by atoms with Gasteiger partial charge in [-0.3, -0.25) is 9.69 Å². The van der Waals surface area contributed by atoms with Gasteiger partial charge in [0.1, 0.15) is 5.82 Å². The minimum absolute atomic E-state index is 0.0898. The summed E-state index contributed by atoms with van der Waals surface area (Å²) in [6.45, 7) is 3.12. The van der Waals surface area contributed by atoms with Gasteiger partial charge in [-0.2, -0.15) is 0 Å². The molecule has 126 valence electrons. The van der Waals surface area contributed by atoms with Crippen LogP contribution in [-0.4, -0.2) is 29.4 Å². The Morgan fingerprint density at radius 1 is 1.22 bits per heavy atom. The molecule has 0 aliphatic heterocycles. The van der Waals surface area contributed by atoms with Crippen LogP contribution in [0.2, 0.25) is 0 Å². The quantitative estimate of drug-likeness (QED) is 0.871. The Hall–Kier alpha value is -1.42. The number of hydrogen-bond donors (Lipinski definition) is 1. The number of nitrogens with one attached hydrogen (secondary N) is 1. The maximum absolute atomic E-state index is 13.9. The third kappa shape index (κ3) is 4.54. The van der Waals surface area contributed by atoms with Crippen molar-refractivity contribution in [1.82, 2.24) is 10.2 Å². The summed E-state index contributed by atoms with van der Waals surface area (Å²) in [5, 5.41) is 3.21. The maximum atomic E-state index is 13.9. The Bertz CT molecular complexity index is 544. The second-order valence-electron chi connectivity index (χ2n) is 7.16. The van der Waals surface area contributed by atoms with E-state index >= 15 is 0 Å². The third-order valence-electron chi connectivity index (χ3n) is 5.20. The molecule has 1 N–H and O–H groups in total. The van der Waals surface area contributed by atoms with Crippen molar-refractivity contribution in [1.29, 1.82) is 0 Å². The molecular formula is C19H27FN2O. The van der Waals surface area contributed by atoms with Crippen LogP contribution >= 0.6 is 0 Å². The molecule has 0 bridgehead atoms. The largest absolute Gasteiger partial charge is 0.352 e. The lowest BCUT2D eigenvalue weighted by Gasteiger charge is -2.30. The zero-order chi connectivity index (χ0) is 16.2. The van der Waals surface area contributed by atoms with E-state index in [9.17, 15) is 9.18 Å². The molecule has 0 heterocycles. The van der Waals surface area contributed by atoms with E-state index in [1.165, 1.54) is 25.3 Å². The van der Waals surface area contributed by atoms with Gasteiger partial charge >= 0.3 is 0 Å². The van der Waals surface area contributed by atoms with E-state index in [2.05, 4.69) is 17.1 Å².